The van der Waals surface area contributed by atoms with E-state index in [2.05, 4.69) is 22.3 Å². The molecule has 1 N–H and O–H groups in total. The van der Waals surface area contributed by atoms with Crippen LogP contribution in [-0.4, -0.2) is 56.6 Å². The standard InChI is InChI=1S/C15H22N2O2S/c1-9-18-14-3-2-13(12-15(14)19-10-1)20-11-8-17-6-4-16-5-7-17/h2-3,12,16H,1,4-11H2. The van der Waals surface area contributed by atoms with Gasteiger partial charge in [-0.3, -0.25) is 4.90 Å². The number of ether oxygens (including phenoxy) is 2. The van der Waals surface area contributed by atoms with E-state index in [1.807, 2.05) is 17.8 Å². The Labute approximate surface area is 124 Å². The van der Waals surface area contributed by atoms with E-state index in [4.69, 9.17) is 9.47 Å². The normalized spacial score (nSPS) is 19.6. The zero-order chi connectivity index (χ0) is 13.6. The minimum atomic E-state index is 0.752. The van der Waals surface area contributed by atoms with Crippen molar-refractivity contribution in [3.63, 3.8) is 0 Å². The lowest BCUT2D eigenvalue weighted by Gasteiger charge is -2.26. The second kappa shape index (κ2) is 7.20. The summed E-state index contributed by atoms with van der Waals surface area (Å²) in [5.74, 6) is 2.91. The van der Waals surface area contributed by atoms with E-state index in [1.165, 1.54) is 18.0 Å². The van der Waals surface area contributed by atoms with Crippen molar-refractivity contribution in [2.45, 2.75) is 11.3 Å². The number of nitrogens with one attached hydrogen (secondary N) is 1. The number of hydrogen-bond donors (Lipinski definition) is 1. The molecule has 1 aromatic rings. The second-order valence-electron chi connectivity index (χ2n) is 5.10. The number of thioether (sulfide) groups is 1. The number of rotatable bonds is 4. The summed E-state index contributed by atoms with van der Waals surface area (Å²) in [4.78, 5) is 3.79. The van der Waals surface area contributed by atoms with E-state index < -0.39 is 0 Å². The van der Waals surface area contributed by atoms with Gasteiger partial charge in [-0.2, -0.15) is 0 Å². The first-order valence-corrected chi connectivity index (χ1v) is 8.36. The lowest BCUT2D eigenvalue weighted by atomic mass is 10.3. The van der Waals surface area contributed by atoms with Crippen LogP contribution in [0.25, 0.3) is 0 Å². The van der Waals surface area contributed by atoms with Crippen molar-refractivity contribution in [2.75, 3.05) is 51.7 Å². The van der Waals surface area contributed by atoms with Crippen molar-refractivity contribution in [1.29, 1.82) is 0 Å². The molecule has 0 atom stereocenters. The summed E-state index contributed by atoms with van der Waals surface area (Å²) in [5, 5.41) is 3.38. The summed E-state index contributed by atoms with van der Waals surface area (Å²) in [6, 6.07) is 6.28. The van der Waals surface area contributed by atoms with E-state index in [0.29, 0.717) is 0 Å². The molecule has 2 heterocycles. The lowest BCUT2D eigenvalue weighted by Crippen LogP contribution is -2.44. The first-order valence-electron chi connectivity index (χ1n) is 7.37. The van der Waals surface area contributed by atoms with Gasteiger partial charge in [-0.1, -0.05) is 0 Å². The molecular weight excluding hydrogens is 272 g/mol. The molecule has 0 bridgehead atoms. The van der Waals surface area contributed by atoms with Gasteiger partial charge in [0, 0.05) is 49.8 Å². The van der Waals surface area contributed by atoms with Crippen molar-refractivity contribution < 1.29 is 9.47 Å². The van der Waals surface area contributed by atoms with Gasteiger partial charge >= 0.3 is 0 Å². The van der Waals surface area contributed by atoms with Gasteiger partial charge in [-0.05, 0) is 18.2 Å². The predicted molar refractivity (Wildman–Crippen MR) is 82.1 cm³/mol. The summed E-state index contributed by atoms with van der Waals surface area (Å²) < 4.78 is 11.4. The molecule has 1 saturated heterocycles. The van der Waals surface area contributed by atoms with Crippen LogP contribution in [0.1, 0.15) is 6.42 Å². The molecule has 0 aromatic heterocycles. The largest absolute Gasteiger partial charge is 0.490 e. The minimum absolute atomic E-state index is 0.752. The van der Waals surface area contributed by atoms with E-state index in [1.54, 1.807) is 0 Å². The Kier molecular flexibility index (Phi) is 5.06. The number of fused-ring (bicyclic) bond motifs is 1. The lowest BCUT2D eigenvalue weighted by molar-refractivity contribution is 0.255. The van der Waals surface area contributed by atoms with Gasteiger partial charge in [0.15, 0.2) is 11.5 Å². The van der Waals surface area contributed by atoms with Gasteiger partial charge in [-0.25, -0.2) is 0 Å². The van der Waals surface area contributed by atoms with Crippen LogP contribution >= 0.6 is 11.8 Å². The van der Waals surface area contributed by atoms with Crippen LogP contribution < -0.4 is 14.8 Å². The van der Waals surface area contributed by atoms with Gasteiger partial charge in [0.25, 0.3) is 0 Å². The molecule has 3 rings (SSSR count). The van der Waals surface area contributed by atoms with Crippen LogP contribution in [0.15, 0.2) is 23.1 Å². The third-order valence-corrected chi connectivity index (χ3v) is 4.58. The Morgan fingerprint density at radius 1 is 1.10 bits per heavy atom. The third kappa shape index (κ3) is 3.81. The number of hydrogen-bond acceptors (Lipinski definition) is 5. The Morgan fingerprint density at radius 3 is 2.75 bits per heavy atom. The summed E-state index contributed by atoms with van der Waals surface area (Å²) in [6.45, 7) is 7.23. The Bertz CT molecular complexity index is 436. The number of piperazine rings is 1. The molecule has 0 spiro atoms. The van der Waals surface area contributed by atoms with Crippen molar-refractivity contribution in [3.05, 3.63) is 18.2 Å². The molecule has 4 nitrogen and oxygen atoms in total. The fourth-order valence-corrected chi connectivity index (χ4v) is 3.40. The first kappa shape index (κ1) is 14.0. The zero-order valence-corrected chi connectivity index (χ0v) is 12.6. The SMILES string of the molecule is c1cc2c(cc1SCCN1CCNCC1)OCCCO2. The highest BCUT2D eigenvalue weighted by Crippen LogP contribution is 2.33. The average Bonchev–Trinajstić information content (AvgIpc) is 2.73. The van der Waals surface area contributed by atoms with Crippen LogP contribution in [0.2, 0.25) is 0 Å². The fourth-order valence-electron chi connectivity index (χ4n) is 2.46. The van der Waals surface area contributed by atoms with Crippen LogP contribution in [0, 0.1) is 0 Å². The number of nitrogens with zero attached hydrogens (tertiary/aromatic N) is 1. The molecule has 20 heavy (non-hydrogen) atoms. The fraction of sp³-hybridized carbons (Fsp3) is 0.600. The molecular formula is C15H22N2O2S. The third-order valence-electron chi connectivity index (χ3n) is 3.60. The molecule has 0 aliphatic carbocycles. The topological polar surface area (TPSA) is 33.7 Å². The summed E-state index contributed by atoms with van der Waals surface area (Å²) >= 11 is 1.90. The molecule has 1 aromatic carbocycles. The molecule has 0 amide bonds. The highest BCUT2D eigenvalue weighted by atomic mass is 32.2. The smallest absolute Gasteiger partial charge is 0.162 e. The maximum atomic E-state index is 5.73. The molecule has 2 aliphatic rings. The molecule has 1 fully saturated rings. The molecule has 2 aliphatic heterocycles. The van der Waals surface area contributed by atoms with Crippen molar-refractivity contribution in [2.24, 2.45) is 0 Å². The monoisotopic (exact) mass is 294 g/mol. The summed E-state index contributed by atoms with van der Waals surface area (Å²) in [5.41, 5.74) is 0. The Morgan fingerprint density at radius 2 is 1.90 bits per heavy atom. The van der Waals surface area contributed by atoms with Gasteiger partial charge < -0.3 is 14.8 Å². The van der Waals surface area contributed by atoms with Gasteiger partial charge in [0.1, 0.15) is 0 Å². The van der Waals surface area contributed by atoms with E-state index in [0.717, 1.165) is 56.5 Å². The van der Waals surface area contributed by atoms with E-state index >= 15 is 0 Å². The van der Waals surface area contributed by atoms with Crippen LogP contribution in [-0.2, 0) is 0 Å². The minimum Gasteiger partial charge on any atom is -0.490 e. The molecule has 0 radical (unpaired) electrons. The van der Waals surface area contributed by atoms with Crippen molar-refractivity contribution in [3.8, 4) is 11.5 Å². The van der Waals surface area contributed by atoms with Crippen molar-refractivity contribution in [1.82, 2.24) is 10.2 Å². The van der Waals surface area contributed by atoms with Crippen molar-refractivity contribution >= 4 is 11.8 Å². The molecule has 5 heteroatoms. The van der Waals surface area contributed by atoms with E-state index in [-0.39, 0.29) is 0 Å². The summed E-state index contributed by atoms with van der Waals surface area (Å²) in [7, 11) is 0. The second-order valence-corrected chi connectivity index (χ2v) is 6.27. The summed E-state index contributed by atoms with van der Waals surface area (Å²) in [6.07, 6.45) is 0.958. The number of benzene rings is 1. The zero-order valence-electron chi connectivity index (χ0n) is 11.8. The Hall–Kier alpha value is -0.910. The van der Waals surface area contributed by atoms with Crippen LogP contribution in [0.4, 0.5) is 0 Å². The first-order chi connectivity index (χ1) is 9.92. The quantitative estimate of drug-likeness (QED) is 0.857. The highest BCUT2D eigenvalue weighted by molar-refractivity contribution is 7.99. The van der Waals surface area contributed by atoms with Crippen LogP contribution in [0.5, 0.6) is 11.5 Å². The highest BCUT2D eigenvalue weighted by Gasteiger charge is 2.12. The molecule has 110 valence electrons. The Balaban J connectivity index is 1.51. The molecule has 0 saturated carbocycles. The van der Waals surface area contributed by atoms with Gasteiger partial charge in [-0.15, -0.1) is 11.8 Å². The maximum absolute atomic E-state index is 5.73. The molecule has 0 unspecified atom stereocenters. The maximum Gasteiger partial charge on any atom is 0.162 e. The van der Waals surface area contributed by atoms with E-state index in [9.17, 15) is 0 Å². The van der Waals surface area contributed by atoms with Crippen LogP contribution in [0.3, 0.4) is 0 Å². The van der Waals surface area contributed by atoms with Gasteiger partial charge in [0.2, 0.25) is 0 Å². The van der Waals surface area contributed by atoms with Gasteiger partial charge in [0.05, 0.1) is 13.2 Å². The average molecular weight is 294 g/mol. The predicted octanol–water partition coefficient (Wildman–Crippen LogP) is 1.85.